The minimum atomic E-state index is -0.0601. The fraction of sp³-hybridized carbons (Fsp3) is 0.500. The minimum absolute atomic E-state index is 0.0601. The Morgan fingerprint density at radius 2 is 2.05 bits per heavy atom. The Morgan fingerprint density at radius 1 is 1.30 bits per heavy atom. The molecule has 1 amide bonds. The molecule has 0 atom stereocenters. The SMILES string of the molecule is CC(C)CCNC(=O)c1ccc2nc(C(C)C)oc2c1. The Labute approximate surface area is 119 Å². The van der Waals surface area contributed by atoms with E-state index in [0.717, 1.165) is 11.9 Å². The lowest BCUT2D eigenvalue weighted by molar-refractivity contribution is 0.0952. The van der Waals surface area contributed by atoms with E-state index in [1.165, 1.54) is 0 Å². The highest BCUT2D eigenvalue weighted by Crippen LogP contribution is 2.22. The van der Waals surface area contributed by atoms with Crippen molar-refractivity contribution in [2.24, 2.45) is 5.92 Å². The number of carbonyl (C=O) groups excluding carboxylic acids is 1. The summed E-state index contributed by atoms with van der Waals surface area (Å²) in [6.45, 7) is 9.04. The number of aromatic nitrogens is 1. The molecule has 2 rings (SSSR count). The number of nitrogens with one attached hydrogen (secondary N) is 1. The predicted molar refractivity (Wildman–Crippen MR) is 79.9 cm³/mol. The highest BCUT2D eigenvalue weighted by Gasteiger charge is 2.12. The highest BCUT2D eigenvalue weighted by molar-refractivity contribution is 5.96. The molecule has 1 heterocycles. The molecule has 0 radical (unpaired) electrons. The molecule has 1 aromatic carbocycles. The molecule has 0 saturated carbocycles. The van der Waals surface area contributed by atoms with Crippen LogP contribution in [0.4, 0.5) is 0 Å². The lowest BCUT2D eigenvalue weighted by Crippen LogP contribution is -2.25. The van der Waals surface area contributed by atoms with Crippen molar-refractivity contribution in [1.29, 1.82) is 0 Å². The van der Waals surface area contributed by atoms with E-state index in [1.807, 2.05) is 19.9 Å². The van der Waals surface area contributed by atoms with Crippen molar-refractivity contribution in [3.05, 3.63) is 29.7 Å². The van der Waals surface area contributed by atoms with Gasteiger partial charge in [0.1, 0.15) is 5.52 Å². The summed E-state index contributed by atoms with van der Waals surface area (Å²) in [5.74, 6) is 1.47. The number of nitrogens with zero attached hydrogens (tertiary/aromatic N) is 1. The van der Waals surface area contributed by atoms with Crippen LogP contribution >= 0.6 is 0 Å². The summed E-state index contributed by atoms with van der Waals surface area (Å²) < 4.78 is 5.67. The van der Waals surface area contributed by atoms with Crippen molar-refractivity contribution in [1.82, 2.24) is 10.3 Å². The molecular weight excluding hydrogens is 252 g/mol. The van der Waals surface area contributed by atoms with Crippen LogP contribution in [0.5, 0.6) is 0 Å². The van der Waals surface area contributed by atoms with Crippen LogP contribution in [0.15, 0.2) is 22.6 Å². The van der Waals surface area contributed by atoms with Crippen molar-refractivity contribution in [2.45, 2.75) is 40.0 Å². The van der Waals surface area contributed by atoms with Crippen LogP contribution in [0.25, 0.3) is 11.1 Å². The fourth-order valence-electron chi connectivity index (χ4n) is 1.91. The van der Waals surface area contributed by atoms with Crippen molar-refractivity contribution in [3.8, 4) is 0 Å². The first-order valence-electron chi connectivity index (χ1n) is 7.16. The average molecular weight is 274 g/mol. The number of rotatable bonds is 5. The van der Waals surface area contributed by atoms with Gasteiger partial charge >= 0.3 is 0 Å². The van der Waals surface area contributed by atoms with Gasteiger partial charge in [-0.3, -0.25) is 4.79 Å². The van der Waals surface area contributed by atoms with Crippen molar-refractivity contribution >= 4 is 17.0 Å². The van der Waals surface area contributed by atoms with Crippen molar-refractivity contribution in [2.75, 3.05) is 6.54 Å². The molecule has 0 fully saturated rings. The van der Waals surface area contributed by atoms with Crippen LogP contribution in [0, 0.1) is 5.92 Å². The normalized spacial score (nSPS) is 11.5. The van der Waals surface area contributed by atoms with Gasteiger partial charge in [-0.05, 0) is 30.5 Å². The molecule has 108 valence electrons. The third kappa shape index (κ3) is 3.38. The first-order valence-corrected chi connectivity index (χ1v) is 7.16. The van der Waals surface area contributed by atoms with Gasteiger partial charge in [0.25, 0.3) is 5.91 Å². The zero-order valence-corrected chi connectivity index (χ0v) is 12.6. The Hall–Kier alpha value is -1.84. The molecule has 20 heavy (non-hydrogen) atoms. The monoisotopic (exact) mass is 274 g/mol. The van der Waals surface area contributed by atoms with Gasteiger partial charge in [-0.2, -0.15) is 0 Å². The largest absolute Gasteiger partial charge is 0.440 e. The fourth-order valence-corrected chi connectivity index (χ4v) is 1.91. The van der Waals surface area contributed by atoms with E-state index in [-0.39, 0.29) is 11.8 Å². The van der Waals surface area contributed by atoms with Gasteiger partial charge < -0.3 is 9.73 Å². The van der Waals surface area contributed by atoms with Crippen LogP contribution < -0.4 is 5.32 Å². The molecule has 0 spiro atoms. The molecule has 0 saturated heterocycles. The summed E-state index contributed by atoms with van der Waals surface area (Å²) >= 11 is 0. The smallest absolute Gasteiger partial charge is 0.251 e. The lowest BCUT2D eigenvalue weighted by atomic mass is 10.1. The van der Waals surface area contributed by atoms with Crippen LogP contribution in [-0.4, -0.2) is 17.4 Å². The maximum absolute atomic E-state index is 12.0. The highest BCUT2D eigenvalue weighted by atomic mass is 16.3. The van der Waals surface area contributed by atoms with Gasteiger partial charge in [-0.15, -0.1) is 0 Å². The molecule has 0 bridgehead atoms. The van der Waals surface area contributed by atoms with Crippen LogP contribution in [0.3, 0.4) is 0 Å². The summed E-state index contributed by atoms with van der Waals surface area (Å²) in [5, 5.41) is 2.92. The van der Waals surface area contributed by atoms with Gasteiger partial charge in [0.05, 0.1) is 0 Å². The average Bonchev–Trinajstić information content (AvgIpc) is 2.81. The van der Waals surface area contributed by atoms with Crippen LogP contribution in [0.2, 0.25) is 0 Å². The molecule has 1 N–H and O–H groups in total. The standard InChI is InChI=1S/C16H22N2O2/c1-10(2)7-8-17-15(19)12-5-6-13-14(9-12)20-16(18-13)11(3)4/h5-6,9-11H,7-8H2,1-4H3,(H,17,19). The van der Waals surface area contributed by atoms with Gasteiger partial charge in [0.2, 0.25) is 0 Å². The number of amides is 1. The molecule has 2 aromatic rings. The second-order valence-corrected chi connectivity index (χ2v) is 5.83. The number of hydrogen-bond donors (Lipinski definition) is 1. The first kappa shape index (κ1) is 14.6. The quantitative estimate of drug-likeness (QED) is 0.904. The van der Waals surface area contributed by atoms with Gasteiger partial charge in [0.15, 0.2) is 11.5 Å². The van der Waals surface area contributed by atoms with E-state index in [1.54, 1.807) is 12.1 Å². The molecule has 4 heteroatoms. The number of benzene rings is 1. The third-order valence-corrected chi connectivity index (χ3v) is 3.17. The summed E-state index contributed by atoms with van der Waals surface area (Å²) in [5.41, 5.74) is 2.09. The van der Waals surface area contributed by atoms with Crippen molar-refractivity contribution < 1.29 is 9.21 Å². The lowest BCUT2D eigenvalue weighted by Gasteiger charge is -2.06. The maximum atomic E-state index is 12.0. The Kier molecular flexibility index (Phi) is 4.42. The zero-order chi connectivity index (χ0) is 14.7. The summed E-state index contributed by atoms with van der Waals surface area (Å²) in [6, 6.07) is 5.39. The van der Waals surface area contributed by atoms with E-state index in [9.17, 15) is 4.79 Å². The number of hydrogen-bond acceptors (Lipinski definition) is 3. The predicted octanol–water partition coefficient (Wildman–Crippen LogP) is 3.73. The second kappa shape index (κ2) is 6.07. The first-order chi connectivity index (χ1) is 9.47. The van der Waals surface area contributed by atoms with E-state index < -0.39 is 0 Å². The van der Waals surface area contributed by atoms with Crippen LogP contribution in [-0.2, 0) is 0 Å². The van der Waals surface area contributed by atoms with Gasteiger partial charge in [-0.25, -0.2) is 4.98 Å². The zero-order valence-electron chi connectivity index (χ0n) is 12.6. The maximum Gasteiger partial charge on any atom is 0.251 e. The summed E-state index contributed by atoms with van der Waals surface area (Å²) in [4.78, 5) is 16.4. The van der Waals surface area contributed by atoms with E-state index >= 15 is 0 Å². The minimum Gasteiger partial charge on any atom is -0.440 e. The Morgan fingerprint density at radius 3 is 2.70 bits per heavy atom. The molecule has 0 aliphatic carbocycles. The molecule has 0 aliphatic heterocycles. The molecular formula is C16H22N2O2. The molecule has 0 aliphatic rings. The molecule has 0 unspecified atom stereocenters. The summed E-state index contributed by atoms with van der Waals surface area (Å²) in [6.07, 6.45) is 0.980. The van der Waals surface area contributed by atoms with Gasteiger partial charge in [0, 0.05) is 18.0 Å². The van der Waals surface area contributed by atoms with Crippen molar-refractivity contribution in [3.63, 3.8) is 0 Å². The van der Waals surface area contributed by atoms with Gasteiger partial charge in [-0.1, -0.05) is 27.7 Å². The molecule has 4 nitrogen and oxygen atoms in total. The van der Waals surface area contributed by atoms with E-state index in [0.29, 0.717) is 29.5 Å². The molecule has 1 aromatic heterocycles. The number of carbonyl (C=O) groups is 1. The third-order valence-electron chi connectivity index (χ3n) is 3.17. The number of oxazole rings is 1. The summed E-state index contributed by atoms with van der Waals surface area (Å²) in [7, 11) is 0. The Bertz CT molecular complexity index is 600. The topological polar surface area (TPSA) is 55.1 Å². The van der Waals surface area contributed by atoms with E-state index in [4.69, 9.17) is 4.42 Å². The second-order valence-electron chi connectivity index (χ2n) is 5.83. The Balaban J connectivity index is 2.12. The number of fused-ring (bicyclic) bond motifs is 1. The van der Waals surface area contributed by atoms with Crippen LogP contribution in [0.1, 0.15) is 56.3 Å². The van der Waals surface area contributed by atoms with E-state index in [2.05, 4.69) is 24.1 Å².